The lowest BCUT2D eigenvalue weighted by Crippen LogP contribution is -2.08. The summed E-state index contributed by atoms with van der Waals surface area (Å²) in [5.74, 6) is 0.0130. The summed E-state index contributed by atoms with van der Waals surface area (Å²) < 4.78 is 27.7. The lowest BCUT2D eigenvalue weighted by molar-refractivity contribution is 0.357. The van der Waals surface area contributed by atoms with E-state index in [9.17, 15) is 8.42 Å². The summed E-state index contributed by atoms with van der Waals surface area (Å²) in [7, 11) is -3.37. The van der Waals surface area contributed by atoms with Crippen LogP contribution in [0, 0.1) is 0 Å². The minimum absolute atomic E-state index is 0.0130. The summed E-state index contributed by atoms with van der Waals surface area (Å²) >= 11 is 0. The zero-order valence-corrected chi connectivity index (χ0v) is 32.4. The minimum atomic E-state index is -3.37. The Balaban J connectivity index is 4.23. The summed E-state index contributed by atoms with van der Waals surface area (Å²) in [5, 5.41) is 0. The molecule has 0 saturated carbocycles. The smallest absolute Gasteiger partial charge is 0.266 e. The molecule has 262 valence electrons. The molecule has 0 bridgehead atoms. The van der Waals surface area contributed by atoms with Gasteiger partial charge in [0.1, 0.15) is 0 Å². The largest absolute Gasteiger partial charge is 0.267 e. The average molecular weight is 655 g/mol. The van der Waals surface area contributed by atoms with Gasteiger partial charge in [0, 0.05) is 0 Å². The predicted molar refractivity (Wildman–Crippen MR) is 206 cm³/mol. The molecule has 0 amide bonds. The van der Waals surface area contributed by atoms with Crippen LogP contribution in [-0.2, 0) is 14.3 Å². The van der Waals surface area contributed by atoms with Gasteiger partial charge in [-0.1, -0.05) is 93.2 Å². The van der Waals surface area contributed by atoms with E-state index in [0.29, 0.717) is 0 Å². The SMILES string of the molecule is CCS(=O)(=O)OC/C=C(\C)CCC=C(C)CCC=C(C)CCC=C(C)CCC=C(C)CCC=C(C)CCC=C(C)CCC=C(C)C. The summed E-state index contributed by atoms with van der Waals surface area (Å²) in [4.78, 5) is 0. The fourth-order valence-electron chi connectivity index (χ4n) is 4.94. The van der Waals surface area contributed by atoms with Crippen LogP contribution in [0.5, 0.6) is 0 Å². The Kier molecular flexibility index (Phi) is 25.6. The number of rotatable bonds is 25. The molecule has 0 N–H and O–H groups in total. The van der Waals surface area contributed by atoms with Gasteiger partial charge in [0.2, 0.25) is 0 Å². The summed E-state index contributed by atoms with van der Waals surface area (Å²) in [5.41, 5.74) is 11.5. The second-order valence-corrected chi connectivity index (χ2v) is 15.5. The first-order valence-corrected chi connectivity index (χ1v) is 19.4. The highest BCUT2D eigenvalue weighted by Gasteiger charge is 2.05. The maximum Gasteiger partial charge on any atom is 0.267 e. The van der Waals surface area contributed by atoms with Crippen LogP contribution in [-0.4, -0.2) is 20.8 Å². The van der Waals surface area contributed by atoms with Crippen LogP contribution in [0.1, 0.15) is 159 Å². The van der Waals surface area contributed by atoms with Crippen molar-refractivity contribution < 1.29 is 12.6 Å². The first-order chi connectivity index (χ1) is 21.7. The Labute approximate surface area is 286 Å². The van der Waals surface area contributed by atoms with Gasteiger partial charge in [-0.2, -0.15) is 8.42 Å². The van der Waals surface area contributed by atoms with Gasteiger partial charge >= 0.3 is 0 Å². The third-order valence-corrected chi connectivity index (χ3v) is 9.52. The van der Waals surface area contributed by atoms with Crippen molar-refractivity contribution in [3.05, 3.63) is 93.2 Å². The molecule has 0 atom stereocenters. The molecule has 0 aromatic heterocycles. The molecule has 0 fully saturated rings. The lowest BCUT2D eigenvalue weighted by atomic mass is 10.0. The lowest BCUT2D eigenvalue weighted by Gasteiger charge is -2.04. The van der Waals surface area contributed by atoms with Crippen LogP contribution < -0.4 is 0 Å². The molecule has 0 aliphatic heterocycles. The normalized spacial score (nSPS) is 14.7. The van der Waals surface area contributed by atoms with Gasteiger partial charge in [0.05, 0.1) is 12.4 Å². The molecule has 4 heteroatoms. The van der Waals surface area contributed by atoms with Crippen molar-refractivity contribution in [2.75, 3.05) is 12.4 Å². The Morgan fingerprint density at radius 1 is 0.413 bits per heavy atom. The predicted octanol–water partition coefficient (Wildman–Crippen LogP) is 13.4. The highest BCUT2D eigenvalue weighted by atomic mass is 32.2. The molecule has 0 saturated heterocycles. The third kappa shape index (κ3) is 28.1. The number of hydrogen-bond donors (Lipinski definition) is 0. The Hall–Kier alpha value is -2.17. The summed E-state index contributed by atoms with van der Waals surface area (Å²) in [6.45, 7) is 21.7. The molecule has 0 aliphatic carbocycles. The minimum Gasteiger partial charge on any atom is -0.266 e. The highest BCUT2D eigenvalue weighted by Crippen LogP contribution is 2.17. The van der Waals surface area contributed by atoms with E-state index in [0.717, 1.165) is 82.6 Å². The number of allylic oxidation sites excluding steroid dienone is 15. The van der Waals surface area contributed by atoms with Crippen molar-refractivity contribution in [1.82, 2.24) is 0 Å². The molecule has 0 aromatic rings. The second kappa shape index (κ2) is 26.9. The van der Waals surface area contributed by atoms with Gasteiger partial charge in [-0.15, -0.1) is 0 Å². The Morgan fingerprint density at radius 3 is 0.891 bits per heavy atom. The molecule has 0 aromatic carbocycles. The van der Waals surface area contributed by atoms with E-state index in [1.165, 1.54) is 51.9 Å². The van der Waals surface area contributed by atoms with Crippen LogP contribution in [0.25, 0.3) is 0 Å². The van der Waals surface area contributed by atoms with Gasteiger partial charge in [-0.3, -0.25) is 4.18 Å². The van der Waals surface area contributed by atoms with Gasteiger partial charge in [0.15, 0.2) is 0 Å². The van der Waals surface area contributed by atoms with Gasteiger partial charge in [-0.25, -0.2) is 0 Å². The molecule has 0 heterocycles. The van der Waals surface area contributed by atoms with Crippen molar-refractivity contribution in [3.8, 4) is 0 Å². The molecule has 3 nitrogen and oxygen atoms in total. The van der Waals surface area contributed by atoms with Crippen LogP contribution in [0.3, 0.4) is 0 Å². The highest BCUT2D eigenvalue weighted by molar-refractivity contribution is 7.86. The first kappa shape index (κ1) is 43.8. The van der Waals surface area contributed by atoms with Crippen molar-refractivity contribution in [2.45, 2.75) is 159 Å². The van der Waals surface area contributed by atoms with E-state index < -0.39 is 10.1 Å². The fraction of sp³-hybridized carbons (Fsp3) is 0.619. The van der Waals surface area contributed by atoms with E-state index in [-0.39, 0.29) is 12.4 Å². The van der Waals surface area contributed by atoms with Crippen molar-refractivity contribution >= 4 is 10.1 Å². The Bertz CT molecular complexity index is 1210. The van der Waals surface area contributed by atoms with Crippen molar-refractivity contribution in [3.63, 3.8) is 0 Å². The molecule has 0 unspecified atom stereocenters. The molecule has 0 radical (unpaired) electrons. The van der Waals surface area contributed by atoms with Gasteiger partial charge < -0.3 is 0 Å². The summed E-state index contributed by atoms with van der Waals surface area (Å²) in [6.07, 6.45) is 34.2. The van der Waals surface area contributed by atoms with Crippen molar-refractivity contribution in [1.29, 1.82) is 0 Å². The molecule has 0 rings (SSSR count). The summed E-state index contributed by atoms with van der Waals surface area (Å²) in [6, 6.07) is 0. The van der Waals surface area contributed by atoms with Crippen LogP contribution >= 0.6 is 0 Å². The zero-order chi connectivity index (χ0) is 34.8. The molecule has 46 heavy (non-hydrogen) atoms. The molecular weight excluding hydrogens is 585 g/mol. The second-order valence-electron chi connectivity index (χ2n) is 13.5. The average Bonchev–Trinajstić information content (AvgIpc) is 2.97. The van der Waals surface area contributed by atoms with Crippen molar-refractivity contribution in [2.24, 2.45) is 0 Å². The van der Waals surface area contributed by atoms with Crippen LogP contribution in [0.15, 0.2) is 93.2 Å². The standard InChI is InChI=1S/C42H70O3S/c1-11-46(43,44)45-34-33-42(10)32-18-31-41(9)30-17-29-40(8)28-16-27-39(7)26-15-25-38(6)24-14-23-37(5)22-13-21-36(4)20-12-19-35(2)3/h19,21,23,25,27,29,31,33H,11-18,20,22,24,26,28,30,32,34H2,1-10H3/b36-21?,37-23?,38-25?,39-27?,40-29?,41-31?,42-33+. The van der Waals surface area contributed by atoms with E-state index in [1.54, 1.807) is 6.92 Å². The molecular formula is C42H70O3S. The number of hydrogen-bond acceptors (Lipinski definition) is 3. The van der Waals surface area contributed by atoms with E-state index in [2.05, 4.69) is 97.9 Å². The molecule has 0 aliphatic rings. The fourth-order valence-corrected chi connectivity index (χ4v) is 5.39. The first-order valence-electron chi connectivity index (χ1n) is 17.8. The zero-order valence-electron chi connectivity index (χ0n) is 31.6. The quantitative estimate of drug-likeness (QED) is 0.0727. The van der Waals surface area contributed by atoms with Gasteiger partial charge in [-0.05, 0) is 159 Å². The maximum absolute atomic E-state index is 11.4. The van der Waals surface area contributed by atoms with E-state index in [4.69, 9.17) is 4.18 Å². The molecule has 0 spiro atoms. The van der Waals surface area contributed by atoms with Crippen LogP contribution in [0.2, 0.25) is 0 Å². The maximum atomic E-state index is 11.4. The Morgan fingerprint density at radius 2 is 0.652 bits per heavy atom. The van der Waals surface area contributed by atoms with Gasteiger partial charge in [0.25, 0.3) is 10.1 Å². The van der Waals surface area contributed by atoms with E-state index in [1.807, 2.05) is 13.0 Å². The monoisotopic (exact) mass is 655 g/mol. The topological polar surface area (TPSA) is 43.4 Å². The van der Waals surface area contributed by atoms with Crippen LogP contribution in [0.4, 0.5) is 0 Å². The third-order valence-electron chi connectivity index (χ3n) is 8.31. The van der Waals surface area contributed by atoms with E-state index >= 15 is 0 Å².